The molecule has 1 amide bonds. The second kappa shape index (κ2) is 6.93. The minimum atomic E-state index is -0.499. The molecule has 2 heterocycles. The summed E-state index contributed by atoms with van der Waals surface area (Å²) in [7, 11) is 0. The van der Waals surface area contributed by atoms with Crippen molar-refractivity contribution >= 4 is 11.8 Å². The summed E-state index contributed by atoms with van der Waals surface area (Å²) in [5.74, 6) is 0.512. The lowest BCUT2D eigenvalue weighted by Gasteiger charge is -2.29. The first-order valence-electron chi connectivity index (χ1n) is 8.17. The van der Waals surface area contributed by atoms with Crippen molar-refractivity contribution in [3.05, 3.63) is 66.1 Å². The van der Waals surface area contributed by atoms with Crippen molar-refractivity contribution < 1.29 is 9.53 Å². The Morgan fingerprint density at radius 3 is 2.88 bits per heavy atom. The van der Waals surface area contributed by atoms with E-state index in [9.17, 15) is 4.79 Å². The zero-order chi connectivity index (χ0) is 17.0. The van der Waals surface area contributed by atoms with Gasteiger partial charge in [0.15, 0.2) is 0 Å². The van der Waals surface area contributed by atoms with Crippen molar-refractivity contribution in [2.75, 3.05) is 11.9 Å². The predicted molar refractivity (Wildman–Crippen MR) is 95.2 cm³/mol. The van der Waals surface area contributed by atoms with Crippen LogP contribution < -0.4 is 16.0 Å². The van der Waals surface area contributed by atoms with Crippen LogP contribution in [0.25, 0.3) is 0 Å². The summed E-state index contributed by atoms with van der Waals surface area (Å²) in [6.07, 6.45) is 8.41. The Morgan fingerprint density at radius 2 is 2.08 bits per heavy atom. The van der Waals surface area contributed by atoms with Gasteiger partial charge >= 0.3 is 6.09 Å². The molecule has 2 aliphatic heterocycles. The first-order valence-corrected chi connectivity index (χ1v) is 8.17. The van der Waals surface area contributed by atoms with Crippen LogP contribution in [0.2, 0.25) is 0 Å². The molecule has 3 N–H and O–H groups in total. The molecular weight excluding hydrogens is 302 g/mol. The molecule has 2 atom stereocenters. The minimum absolute atomic E-state index is 0.0300. The third-order valence-electron chi connectivity index (χ3n) is 4.40. The van der Waals surface area contributed by atoms with Gasteiger partial charge in [0.1, 0.15) is 5.76 Å². The molecule has 0 saturated carbocycles. The van der Waals surface area contributed by atoms with Crippen molar-refractivity contribution in [2.24, 2.45) is 5.41 Å². The van der Waals surface area contributed by atoms with Gasteiger partial charge in [0.05, 0.1) is 6.17 Å². The van der Waals surface area contributed by atoms with Crippen LogP contribution >= 0.6 is 0 Å². The molecule has 1 unspecified atom stereocenters. The Morgan fingerprint density at radius 1 is 1.29 bits per heavy atom. The average molecular weight is 325 g/mol. The highest BCUT2D eigenvalue weighted by Gasteiger charge is 2.36. The second-order valence-corrected chi connectivity index (χ2v) is 6.42. The number of allylic oxidation sites excluding steroid dienone is 4. The van der Waals surface area contributed by atoms with Crippen LogP contribution in [0.1, 0.15) is 20.3 Å². The average Bonchev–Trinajstić information content (AvgIpc) is 2.93. The highest BCUT2D eigenvalue weighted by Crippen LogP contribution is 2.32. The van der Waals surface area contributed by atoms with E-state index in [2.05, 4.69) is 29.0 Å². The Hall–Kier alpha value is -2.53. The van der Waals surface area contributed by atoms with E-state index in [1.165, 1.54) is 0 Å². The smallest absolute Gasteiger partial charge is 0.410 e. The van der Waals surface area contributed by atoms with E-state index >= 15 is 0 Å². The minimum Gasteiger partial charge on any atom is -0.410 e. The molecule has 1 aromatic rings. The highest BCUT2D eigenvalue weighted by atomic mass is 16.6. The number of hydrogen-bond donors (Lipinski definition) is 3. The van der Waals surface area contributed by atoms with Gasteiger partial charge in [0, 0.05) is 16.8 Å². The number of rotatable bonds is 2. The van der Waals surface area contributed by atoms with Crippen LogP contribution in [0.3, 0.4) is 0 Å². The van der Waals surface area contributed by atoms with Gasteiger partial charge in [-0.25, -0.2) is 4.79 Å². The van der Waals surface area contributed by atoms with Gasteiger partial charge in [0.2, 0.25) is 0 Å². The molecule has 0 aromatic heterocycles. The maximum absolute atomic E-state index is 12.1. The van der Waals surface area contributed by atoms with Gasteiger partial charge in [-0.2, -0.15) is 0 Å². The van der Waals surface area contributed by atoms with E-state index in [1.807, 2.05) is 49.4 Å². The molecule has 0 spiro atoms. The SMILES string of the molecule is C\C1=C/C=C(OC(=O)Nc2ccccc2)\C=C\[C@@]2(C)CCNC2N1. The predicted octanol–water partition coefficient (Wildman–Crippen LogP) is 3.51. The van der Waals surface area contributed by atoms with E-state index in [0.29, 0.717) is 11.4 Å². The fourth-order valence-electron chi connectivity index (χ4n) is 2.91. The van der Waals surface area contributed by atoms with E-state index in [1.54, 1.807) is 6.08 Å². The zero-order valence-corrected chi connectivity index (χ0v) is 14.0. The van der Waals surface area contributed by atoms with Crippen molar-refractivity contribution in [3.63, 3.8) is 0 Å². The number of carbonyl (C=O) groups is 1. The largest absolute Gasteiger partial charge is 0.417 e. The maximum atomic E-state index is 12.1. The number of carbonyl (C=O) groups excluding carboxylic acids is 1. The van der Waals surface area contributed by atoms with Crippen LogP contribution in [-0.2, 0) is 4.74 Å². The van der Waals surface area contributed by atoms with Crippen molar-refractivity contribution in [1.29, 1.82) is 0 Å². The number of hydrogen-bond acceptors (Lipinski definition) is 4. The number of fused-ring (bicyclic) bond motifs is 1. The van der Waals surface area contributed by atoms with E-state index in [0.717, 1.165) is 18.7 Å². The lowest BCUT2D eigenvalue weighted by molar-refractivity contribution is 0.194. The number of ether oxygens (including phenoxy) is 1. The summed E-state index contributed by atoms with van der Waals surface area (Å²) >= 11 is 0. The zero-order valence-electron chi connectivity index (χ0n) is 14.0. The number of benzene rings is 1. The van der Waals surface area contributed by atoms with Gasteiger partial charge in [-0.1, -0.05) is 31.2 Å². The summed E-state index contributed by atoms with van der Waals surface area (Å²) in [5, 5.41) is 9.66. The molecule has 1 aromatic carbocycles. The molecule has 0 radical (unpaired) electrons. The van der Waals surface area contributed by atoms with Crippen LogP contribution in [0.4, 0.5) is 10.5 Å². The number of para-hydroxylation sites is 1. The topological polar surface area (TPSA) is 62.4 Å². The molecule has 5 nitrogen and oxygen atoms in total. The molecule has 2 aliphatic rings. The van der Waals surface area contributed by atoms with Gasteiger partial charge < -0.3 is 10.1 Å². The molecule has 0 bridgehead atoms. The van der Waals surface area contributed by atoms with Crippen LogP contribution in [0.5, 0.6) is 0 Å². The number of amides is 1. The molecule has 24 heavy (non-hydrogen) atoms. The van der Waals surface area contributed by atoms with Crippen molar-refractivity contribution in [2.45, 2.75) is 26.4 Å². The van der Waals surface area contributed by atoms with Gasteiger partial charge in [-0.05, 0) is 50.3 Å². The first-order chi connectivity index (χ1) is 11.5. The van der Waals surface area contributed by atoms with Crippen LogP contribution in [-0.4, -0.2) is 18.8 Å². The van der Waals surface area contributed by atoms with E-state index < -0.39 is 6.09 Å². The van der Waals surface area contributed by atoms with E-state index in [-0.39, 0.29) is 11.6 Å². The van der Waals surface area contributed by atoms with Gasteiger partial charge in [-0.3, -0.25) is 10.6 Å². The molecule has 5 heteroatoms. The van der Waals surface area contributed by atoms with Crippen LogP contribution in [0, 0.1) is 5.41 Å². The first kappa shape index (κ1) is 16.3. The molecule has 1 saturated heterocycles. The molecule has 1 fully saturated rings. The molecule has 3 rings (SSSR count). The normalized spacial score (nSPS) is 31.7. The van der Waals surface area contributed by atoms with Crippen LogP contribution in [0.15, 0.2) is 66.1 Å². The Bertz CT molecular complexity index is 694. The standard InChI is InChI=1S/C19H23N3O2/c1-14-8-9-16(10-11-19(2)12-13-20-17(19)21-14)24-18(23)22-15-6-4-3-5-7-15/h3-11,17,20-21H,12-13H2,1-2H3,(H,22,23)/b11-10+,14-8+,16-9+/t17?,19-/m0/s1. The Labute approximate surface area is 142 Å². The van der Waals surface area contributed by atoms with Crippen molar-refractivity contribution in [1.82, 2.24) is 10.6 Å². The lowest BCUT2D eigenvalue weighted by Crippen LogP contribution is -2.45. The van der Waals surface area contributed by atoms with Gasteiger partial charge in [-0.15, -0.1) is 0 Å². The maximum Gasteiger partial charge on any atom is 0.417 e. The number of nitrogens with one attached hydrogen (secondary N) is 3. The Kier molecular flexibility index (Phi) is 4.71. The molecular formula is C19H23N3O2. The van der Waals surface area contributed by atoms with Crippen molar-refractivity contribution in [3.8, 4) is 0 Å². The fourth-order valence-corrected chi connectivity index (χ4v) is 2.91. The van der Waals surface area contributed by atoms with Gasteiger partial charge in [0.25, 0.3) is 0 Å². The highest BCUT2D eigenvalue weighted by molar-refractivity contribution is 5.85. The monoisotopic (exact) mass is 325 g/mol. The fraction of sp³-hybridized carbons (Fsp3) is 0.316. The summed E-state index contributed by atoms with van der Waals surface area (Å²) in [4.78, 5) is 12.1. The Balaban J connectivity index is 1.74. The summed E-state index contributed by atoms with van der Waals surface area (Å²) < 4.78 is 5.46. The third-order valence-corrected chi connectivity index (χ3v) is 4.40. The number of anilines is 1. The lowest BCUT2D eigenvalue weighted by atomic mass is 9.86. The summed E-state index contributed by atoms with van der Waals surface area (Å²) in [6.45, 7) is 5.16. The third kappa shape index (κ3) is 3.86. The summed E-state index contributed by atoms with van der Waals surface area (Å²) in [5.41, 5.74) is 1.70. The second-order valence-electron chi connectivity index (χ2n) is 6.42. The molecule has 0 aliphatic carbocycles. The quantitative estimate of drug-likeness (QED) is 0.779. The summed E-state index contributed by atoms with van der Waals surface area (Å²) in [6, 6.07) is 9.26. The molecule has 126 valence electrons. The van der Waals surface area contributed by atoms with E-state index in [4.69, 9.17) is 4.74 Å².